The van der Waals surface area contributed by atoms with Gasteiger partial charge >= 0.3 is 0 Å². The minimum atomic E-state index is 0.169. The number of hydrogen-bond donors (Lipinski definition) is 1. The molecule has 0 unspecified atom stereocenters. The maximum Gasteiger partial charge on any atom is 0.237 e. The van der Waals surface area contributed by atoms with Crippen LogP contribution in [0.4, 0.5) is 5.13 Å². The molecule has 5 nitrogen and oxygen atoms in total. The molecule has 7 heteroatoms. The van der Waals surface area contributed by atoms with Crippen molar-refractivity contribution in [3.05, 3.63) is 11.8 Å². The Kier molecular flexibility index (Phi) is 4.80. The van der Waals surface area contributed by atoms with Crippen molar-refractivity contribution in [1.82, 2.24) is 15.1 Å². The van der Waals surface area contributed by atoms with Gasteiger partial charge in [-0.15, -0.1) is 10.2 Å². The molecule has 0 bridgehead atoms. The van der Waals surface area contributed by atoms with Gasteiger partial charge in [0.15, 0.2) is 4.34 Å². The summed E-state index contributed by atoms with van der Waals surface area (Å²) in [5.74, 6) is 0.603. The minimum absolute atomic E-state index is 0.169. The maximum atomic E-state index is 12.3. The maximum absolute atomic E-state index is 12.3. The number of anilines is 1. The van der Waals surface area contributed by atoms with E-state index < -0.39 is 0 Å². The monoisotopic (exact) mass is 324 g/mol. The largest absolute Gasteiger partial charge is 0.357 e. The van der Waals surface area contributed by atoms with E-state index in [0.29, 0.717) is 11.8 Å². The van der Waals surface area contributed by atoms with Crippen molar-refractivity contribution in [1.29, 1.82) is 0 Å². The minimum Gasteiger partial charge on any atom is -0.357 e. The molecule has 0 spiro atoms. The summed E-state index contributed by atoms with van der Waals surface area (Å²) in [6.45, 7) is 2.78. The van der Waals surface area contributed by atoms with Crippen LogP contribution >= 0.6 is 23.1 Å². The summed E-state index contributed by atoms with van der Waals surface area (Å²) < 4.78 is 0.864. The second-order valence-electron chi connectivity index (χ2n) is 5.31. The van der Waals surface area contributed by atoms with Crippen LogP contribution in [0, 0.1) is 0 Å². The molecule has 1 fully saturated rings. The number of carbonyl (C=O) groups is 1. The van der Waals surface area contributed by atoms with E-state index >= 15 is 0 Å². The number of nitrogens with one attached hydrogen (secondary N) is 1. The van der Waals surface area contributed by atoms with Crippen LogP contribution in [0.5, 0.6) is 0 Å². The third kappa shape index (κ3) is 3.97. The Morgan fingerprint density at radius 2 is 2.38 bits per heavy atom. The lowest BCUT2D eigenvalue weighted by Gasteiger charge is -2.21. The highest BCUT2D eigenvalue weighted by molar-refractivity contribution is 8.01. The van der Waals surface area contributed by atoms with Gasteiger partial charge in [0.1, 0.15) is 0 Å². The summed E-state index contributed by atoms with van der Waals surface area (Å²) in [6.07, 6.45) is 7.92. The fraction of sp³-hybridized carbons (Fsp3) is 0.643. The molecule has 1 aromatic rings. The number of carbonyl (C=O) groups excluding carboxylic acids is 1. The van der Waals surface area contributed by atoms with Crippen LogP contribution < -0.4 is 5.32 Å². The molecule has 114 valence electrons. The van der Waals surface area contributed by atoms with Crippen LogP contribution in [0.25, 0.3) is 0 Å². The van der Waals surface area contributed by atoms with E-state index in [2.05, 4.69) is 21.6 Å². The van der Waals surface area contributed by atoms with Gasteiger partial charge in [-0.1, -0.05) is 29.2 Å². The zero-order valence-corrected chi connectivity index (χ0v) is 13.8. The molecule has 1 amide bonds. The Morgan fingerprint density at radius 3 is 3.05 bits per heavy atom. The molecule has 0 aromatic carbocycles. The molecule has 1 aromatic heterocycles. The zero-order valence-electron chi connectivity index (χ0n) is 12.2. The predicted octanol–water partition coefficient (Wildman–Crippen LogP) is 3.12. The van der Waals surface area contributed by atoms with Crippen molar-refractivity contribution in [2.75, 3.05) is 17.6 Å². The number of amides is 1. The Hall–Kier alpha value is -1.08. The van der Waals surface area contributed by atoms with Gasteiger partial charge in [-0.05, 0) is 39.0 Å². The first kappa shape index (κ1) is 14.8. The van der Waals surface area contributed by atoms with Crippen LogP contribution in [-0.2, 0) is 4.79 Å². The second kappa shape index (κ2) is 6.79. The third-order valence-corrected chi connectivity index (χ3v) is 5.58. The number of aromatic nitrogens is 2. The Bertz CT molecular complexity index is 539. The fourth-order valence-electron chi connectivity index (χ4n) is 2.37. The standard InChI is InChI=1S/C14H20N4OS2/c1-2-18(11-5-3-4-6-11)12(19)9-20-14-17-16-13(21-14)15-10-7-8-10/h5,10H,2-4,6-9H2,1H3,(H,15,16). The molecule has 0 radical (unpaired) electrons. The molecule has 2 aliphatic rings. The van der Waals surface area contributed by atoms with Gasteiger partial charge in [-0.3, -0.25) is 4.79 Å². The Labute approximate surface area is 133 Å². The van der Waals surface area contributed by atoms with Crippen molar-refractivity contribution in [3.8, 4) is 0 Å². The summed E-state index contributed by atoms with van der Waals surface area (Å²) in [7, 11) is 0. The van der Waals surface area contributed by atoms with Gasteiger partial charge in [0, 0.05) is 18.3 Å². The van der Waals surface area contributed by atoms with Crippen molar-refractivity contribution < 1.29 is 4.79 Å². The van der Waals surface area contributed by atoms with Gasteiger partial charge in [0.25, 0.3) is 0 Å². The molecular weight excluding hydrogens is 304 g/mol. The summed E-state index contributed by atoms with van der Waals surface area (Å²) >= 11 is 3.02. The van der Waals surface area contributed by atoms with E-state index in [9.17, 15) is 4.79 Å². The number of rotatable bonds is 7. The van der Waals surface area contributed by atoms with Crippen LogP contribution in [0.15, 0.2) is 16.1 Å². The summed E-state index contributed by atoms with van der Waals surface area (Å²) in [5, 5.41) is 12.5. The Morgan fingerprint density at radius 1 is 1.52 bits per heavy atom. The van der Waals surface area contributed by atoms with E-state index in [-0.39, 0.29) is 5.91 Å². The van der Waals surface area contributed by atoms with E-state index in [1.165, 1.54) is 48.1 Å². The fourth-order valence-corrected chi connectivity index (χ4v) is 4.07. The second-order valence-corrected chi connectivity index (χ2v) is 7.51. The van der Waals surface area contributed by atoms with Gasteiger partial charge < -0.3 is 10.2 Å². The average molecular weight is 324 g/mol. The number of allylic oxidation sites excluding steroid dienone is 2. The molecule has 21 heavy (non-hydrogen) atoms. The van der Waals surface area contributed by atoms with Gasteiger partial charge in [0.05, 0.1) is 5.75 Å². The van der Waals surface area contributed by atoms with Gasteiger partial charge in [-0.2, -0.15) is 0 Å². The summed E-state index contributed by atoms with van der Waals surface area (Å²) in [5.41, 5.74) is 1.19. The normalized spacial score (nSPS) is 17.7. The topological polar surface area (TPSA) is 58.1 Å². The molecule has 0 saturated heterocycles. The van der Waals surface area contributed by atoms with Crippen molar-refractivity contribution in [2.24, 2.45) is 0 Å². The lowest BCUT2D eigenvalue weighted by molar-refractivity contribution is -0.126. The van der Waals surface area contributed by atoms with E-state index in [1.807, 2.05) is 11.8 Å². The van der Waals surface area contributed by atoms with E-state index in [0.717, 1.165) is 28.9 Å². The Balaban J connectivity index is 1.50. The SMILES string of the molecule is CCN(C(=O)CSc1nnc(NC2CC2)s1)C1=CCCC1. The van der Waals surface area contributed by atoms with Crippen LogP contribution in [0.1, 0.15) is 39.0 Å². The van der Waals surface area contributed by atoms with Crippen LogP contribution in [0.3, 0.4) is 0 Å². The van der Waals surface area contributed by atoms with Gasteiger partial charge in [-0.25, -0.2) is 0 Å². The van der Waals surface area contributed by atoms with Crippen LogP contribution in [0.2, 0.25) is 0 Å². The summed E-state index contributed by atoms with van der Waals surface area (Å²) in [4.78, 5) is 14.2. The molecule has 2 aliphatic carbocycles. The highest BCUT2D eigenvalue weighted by atomic mass is 32.2. The molecule has 1 N–H and O–H groups in total. The third-order valence-electron chi connectivity index (χ3n) is 3.61. The number of hydrogen-bond acceptors (Lipinski definition) is 6. The average Bonchev–Trinajstić information content (AvgIpc) is 2.96. The lowest BCUT2D eigenvalue weighted by Crippen LogP contribution is -2.31. The smallest absolute Gasteiger partial charge is 0.237 e. The highest BCUT2D eigenvalue weighted by Gasteiger charge is 2.23. The molecule has 3 rings (SSSR count). The van der Waals surface area contributed by atoms with Crippen molar-refractivity contribution in [3.63, 3.8) is 0 Å². The lowest BCUT2D eigenvalue weighted by atomic mass is 10.3. The summed E-state index contributed by atoms with van der Waals surface area (Å²) in [6, 6.07) is 0.585. The van der Waals surface area contributed by atoms with E-state index in [4.69, 9.17) is 0 Å². The first-order valence-electron chi connectivity index (χ1n) is 7.48. The van der Waals surface area contributed by atoms with Crippen molar-refractivity contribution in [2.45, 2.75) is 49.4 Å². The molecule has 1 saturated carbocycles. The molecule has 1 heterocycles. The molecular formula is C14H20N4OS2. The quantitative estimate of drug-likeness (QED) is 0.781. The highest BCUT2D eigenvalue weighted by Crippen LogP contribution is 2.30. The number of nitrogens with zero attached hydrogens (tertiary/aromatic N) is 3. The van der Waals surface area contributed by atoms with Crippen LogP contribution in [-0.4, -0.2) is 39.3 Å². The zero-order chi connectivity index (χ0) is 14.7. The van der Waals surface area contributed by atoms with Gasteiger partial charge in [0.2, 0.25) is 11.0 Å². The molecule has 0 atom stereocenters. The number of thioether (sulfide) groups is 1. The predicted molar refractivity (Wildman–Crippen MR) is 86.6 cm³/mol. The van der Waals surface area contributed by atoms with E-state index in [1.54, 1.807) is 0 Å². The molecule has 0 aliphatic heterocycles. The first-order chi connectivity index (χ1) is 10.3. The first-order valence-corrected chi connectivity index (χ1v) is 9.28. The van der Waals surface area contributed by atoms with Crippen molar-refractivity contribution >= 4 is 34.1 Å².